The molecule has 1 aromatic carbocycles. The summed E-state index contributed by atoms with van der Waals surface area (Å²) in [5, 5.41) is 8.76. The Kier molecular flexibility index (Phi) is 2.53. The Morgan fingerprint density at radius 1 is 1.40 bits per heavy atom. The van der Waals surface area contributed by atoms with Crippen molar-refractivity contribution >= 4 is 22.6 Å². The Bertz CT molecular complexity index is 810. The Morgan fingerprint density at radius 2 is 2.05 bits per heavy atom. The van der Waals surface area contributed by atoms with Crippen LogP contribution in [-0.4, -0.2) is 15.6 Å². The van der Waals surface area contributed by atoms with Crippen LogP contribution in [0.2, 0.25) is 0 Å². The van der Waals surface area contributed by atoms with E-state index in [-0.39, 0.29) is 22.6 Å². The molecule has 1 saturated carbocycles. The van der Waals surface area contributed by atoms with Crippen LogP contribution in [-0.2, 0) is 0 Å². The van der Waals surface area contributed by atoms with E-state index in [0.29, 0.717) is 18.9 Å². The van der Waals surface area contributed by atoms with Crippen molar-refractivity contribution in [1.29, 1.82) is 0 Å². The van der Waals surface area contributed by atoms with Gasteiger partial charge in [-0.3, -0.25) is 4.79 Å². The second-order valence-electron chi connectivity index (χ2n) is 4.80. The first-order valence-electron chi connectivity index (χ1n) is 5.97. The zero-order valence-corrected chi connectivity index (χ0v) is 10.2. The lowest BCUT2D eigenvalue weighted by Gasteiger charge is -2.13. The lowest BCUT2D eigenvalue weighted by molar-refractivity contribution is 0.0695. The number of pyridine rings is 1. The molecule has 5 nitrogen and oxygen atoms in total. The molecule has 0 amide bonds. The number of aromatic nitrogens is 1. The molecule has 0 spiro atoms. The van der Waals surface area contributed by atoms with Crippen molar-refractivity contribution in [3.05, 3.63) is 39.7 Å². The Balaban J connectivity index is 2.55. The maximum atomic E-state index is 14.0. The highest BCUT2D eigenvalue weighted by atomic mass is 19.2. The van der Waals surface area contributed by atoms with Gasteiger partial charge in [0.1, 0.15) is 5.56 Å². The van der Waals surface area contributed by atoms with Crippen LogP contribution in [0, 0.1) is 11.6 Å². The van der Waals surface area contributed by atoms with Gasteiger partial charge in [0.25, 0.3) is 0 Å². The fourth-order valence-corrected chi connectivity index (χ4v) is 2.30. The summed E-state index contributed by atoms with van der Waals surface area (Å²) in [5.74, 6) is -3.77. The SMILES string of the molecule is Nc1cc(F)c(F)c2c1c(=O)c(C(=O)O)cn2C1CC1. The van der Waals surface area contributed by atoms with E-state index in [2.05, 4.69) is 0 Å². The first kappa shape index (κ1) is 12.6. The van der Waals surface area contributed by atoms with E-state index in [0.717, 1.165) is 6.20 Å². The summed E-state index contributed by atoms with van der Waals surface area (Å²) in [6, 6.07) is 0.564. The van der Waals surface area contributed by atoms with Crippen LogP contribution < -0.4 is 11.2 Å². The Morgan fingerprint density at radius 3 is 2.60 bits per heavy atom. The number of nitrogens with zero attached hydrogens (tertiary/aromatic N) is 1. The smallest absolute Gasteiger partial charge is 0.341 e. The van der Waals surface area contributed by atoms with Gasteiger partial charge in [-0.05, 0) is 12.8 Å². The van der Waals surface area contributed by atoms with Crippen molar-refractivity contribution in [2.24, 2.45) is 0 Å². The highest BCUT2D eigenvalue weighted by Gasteiger charge is 2.29. The zero-order chi connectivity index (χ0) is 14.6. The summed E-state index contributed by atoms with van der Waals surface area (Å²) in [6.07, 6.45) is 2.49. The van der Waals surface area contributed by atoms with Crippen molar-refractivity contribution in [2.45, 2.75) is 18.9 Å². The lowest BCUT2D eigenvalue weighted by atomic mass is 10.1. The number of anilines is 1. The van der Waals surface area contributed by atoms with Crippen LogP contribution in [0.3, 0.4) is 0 Å². The van der Waals surface area contributed by atoms with Gasteiger partial charge in [0.15, 0.2) is 11.6 Å². The maximum Gasteiger partial charge on any atom is 0.341 e. The van der Waals surface area contributed by atoms with Crippen molar-refractivity contribution < 1.29 is 18.7 Å². The average molecular weight is 280 g/mol. The molecule has 3 N–H and O–H groups in total. The van der Waals surface area contributed by atoms with E-state index in [1.54, 1.807) is 0 Å². The number of aromatic carboxylic acids is 1. The molecular weight excluding hydrogens is 270 g/mol. The number of nitrogens with two attached hydrogens (primary N) is 1. The summed E-state index contributed by atoms with van der Waals surface area (Å²) < 4.78 is 28.8. The molecule has 20 heavy (non-hydrogen) atoms. The predicted octanol–water partition coefficient (Wildman–Crippen LogP) is 1.90. The standard InChI is InChI=1S/C13H10F2N2O3/c14-7-3-8(16)9-11(10(7)15)17(5-1-2-5)4-6(12(9)18)13(19)20/h3-5H,1-2,16H2,(H,19,20). The summed E-state index contributed by atoms with van der Waals surface area (Å²) >= 11 is 0. The van der Waals surface area contributed by atoms with Gasteiger partial charge < -0.3 is 15.4 Å². The number of hydrogen-bond acceptors (Lipinski definition) is 3. The first-order chi connectivity index (χ1) is 9.41. The number of carboxylic acid groups (broad SMARTS) is 1. The number of carboxylic acids is 1. The topological polar surface area (TPSA) is 85.3 Å². The average Bonchev–Trinajstić information content (AvgIpc) is 3.19. The van der Waals surface area contributed by atoms with Crippen LogP contribution in [0.5, 0.6) is 0 Å². The minimum Gasteiger partial charge on any atom is -0.477 e. The van der Waals surface area contributed by atoms with Gasteiger partial charge in [-0.25, -0.2) is 13.6 Å². The Hall–Kier alpha value is -2.44. The molecule has 2 aromatic rings. The van der Waals surface area contributed by atoms with Gasteiger partial charge in [0, 0.05) is 24.0 Å². The second-order valence-corrected chi connectivity index (χ2v) is 4.80. The third-order valence-electron chi connectivity index (χ3n) is 3.39. The number of hydrogen-bond donors (Lipinski definition) is 2. The molecule has 104 valence electrons. The van der Waals surface area contributed by atoms with Crippen molar-refractivity contribution in [3.63, 3.8) is 0 Å². The monoisotopic (exact) mass is 280 g/mol. The Labute approximate surface area is 111 Å². The van der Waals surface area contributed by atoms with Gasteiger partial charge in [-0.1, -0.05) is 0 Å². The van der Waals surface area contributed by atoms with Gasteiger partial charge >= 0.3 is 5.97 Å². The second kappa shape index (κ2) is 4.03. The molecule has 0 atom stereocenters. The van der Waals surface area contributed by atoms with Gasteiger partial charge in [-0.15, -0.1) is 0 Å². The molecule has 1 heterocycles. The van der Waals surface area contributed by atoms with Gasteiger partial charge in [0.2, 0.25) is 5.43 Å². The van der Waals surface area contributed by atoms with Crippen molar-refractivity contribution in [3.8, 4) is 0 Å². The largest absolute Gasteiger partial charge is 0.477 e. The molecule has 1 aliphatic rings. The normalized spacial score (nSPS) is 14.7. The van der Waals surface area contributed by atoms with E-state index >= 15 is 0 Å². The van der Waals surface area contributed by atoms with Crippen LogP contribution in [0.4, 0.5) is 14.5 Å². The van der Waals surface area contributed by atoms with Crippen LogP contribution in [0.1, 0.15) is 29.2 Å². The van der Waals surface area contributed by atoms with Gasteiger partial charge in [0.05, 0.1) is 10.9 Å². The number of rotatable bonds is 2. The fourth-order valence-electron chi connectivity index (χ4n) is 2.30. The molecule has 0 saturated heterocycles. The van der Waals surface area contributed by atoms with Crippen molar-refractivity contribution in [2.75, 3.05) is 5.73 Å². The molecule has 0 aliphatic heterocycles. The van der Waals surface area contributed by atoms with Gasteiger partial charge in [-0.2, -0.15) is 0 Å². The molecule has 1 aromatic heterocycles. The summed E-state index contributed by atoms with van der Waals surface area (Å²) in [5.41, 5.74) is 3.65. The highest BCUT2D eigenvalue weighted by Crippen LogP contribution is 2.38. The molecule has 1 aliphatic carbocycles. The lowest BCUT2D eigenvalue weighted by Crippen LogP contribution is -2.20. The highest BCUT2D eigenvalue weighted by molar-refractivity contribution is 5.97. The third kappa shape index (κ3) is 1.66. The zero-order valence-electron chi connectivity index (χ0n) is 10.2. The molecule has 1 fully saturated rings. The molecule has 7 heteroatoms. The van der Waals surface area contributed by atoms with Crippen LogP contribution in [0.15, 0.2) is 17.1 Å². The number of benzene rings is 1. The number of nitrogen functional groups attached to an aromatic ring is 1. The molecule has 0 bridgehead atoms. The minimum atomic E-state index is -1.42. The summed E-state index contributed by atoms with van der Waals surface area (Å²) in [4.78, 5) is 23.2. The first-order valence-corrected chi connectivity index (χ1v) is 5.97. The summed E-state index contributed by atoms with van der Waals surface area (Å²) in [7, 11) is 0. The third-order valence-corrected chi connectivity index (χ3v) is 3.39. The molecule has 0 unspecified atom stereocenters. The van der Waals surface area contributed by atoms with Crippen LogP contribution >= 0.6 is 0 Å². The van der Waals surface area contributed by atoms with E-state index in [1.165, 1.54) is 4.57 Å². The minimum absolute atomic E-state index is 0.133. The van der Waals surface area contributed by atoms with Crippen molar-refractivity contribution in [1.82, 2.24) is 4.57 Å². The van der Waals surface area contributed by atoms with E-state index in [9.17, 15) is 18.4 Å². The van der Waals surface area contributed by atoms with E-state index in [4.69, 9.17) is 10.8 Å². The fraction of sp³-hybridized carbons (Fsp3) is 0.231. The number of carbonyl (C=O) groups is 1. The number of halogens is 2. The molecule has 0 radical (unpaired) electrons. The predicted molar refractivity (Wildman–Crippen MR) is 67.8 cm³/mol. The molecule has 3 rings (SSSR count). The molecular formula is C13H10F2N2O3. The van der Waals surface area contributed by atoms with E-state index in [1.807, 2.05) is 0 Å². The number of fused-ring (bicyclic) bond motifs is 1. The van der Waals surface area contributed by atoms with E-state index < -0.39 is 28.6 Å². The maximum absolute atomic E-state index is 14.0. The summed E-state index contributed by atoms with van der Waals surface area (Å²) in [6.45, 7) is 0. The van der Waals surface area contributed by atoms with Crippen LogP contribution in [0.25, 0.3) is 10.9 Å². The quantitative estimate of drug-likeness (QED) is 0.823.